The van der Waals surface area contributed by atoms with Crippen LogP contribution in [0.4, 0.5) is 13.2 Å². The predicted octanol–water partition coefficient (Wildman–Crippen LogP) is 4.60. The summed E-state index contributed by atoms with van der Waals surface area (Å²) in [6.07, 6.45) is -0.929. The molecule has 0 spiro atoms. The maximum absolute atomic E-state index is 12.2. The van der Waals surface area contributed by atoms with E-state index in [0.717, 1.165) is 0 Å². The highest BCUT2D eigenvalue weighted by atomic mass is 79.9. The van der Waals surface area contributed by atoms with Crippen molar-refractivity contribution in [1.29, 1.82) is 0 Å². The van der Waals surface area contributed by atoms with Gasteiger partial charge in [0.05, 0.1) is 0 Å². The maximum atomic E-state index is 12.2. The Morgan fingerprint density at radius 3 is 2.37 bits per heavy atom. The summed E-state index contributed by atoms with van der Waals surface area (Å²) in [6, 6.07) is 5.60. The predicted molar refractivity (Wildman–Crippen MR) is 72.2 cm³/mol. The van der Waals surface area contributed by atoms with Crippen molar-refractivity contribution < 1.29 is 18.3 Å². The van der Waals surface area contributed by atoms with E-state index in [1.54, 1.807) is 5.38 Å². The van der Waals surface area contributed by atoms with E-state index >= 15 is 0 Å². The molecule has 2 aromatic rings. The number of hydrogen-bond acceptors (Lipinski definition) is 4. The number of hydrogen-bond donors (Lipinski definition) is 1. The lowest BCUT2D eigenvalue weighted by atomic mass is 10.1. The van der Waals surface area contributed by atoms with Crippen molar-refractivity contribution in [3.8, 4) is 0 Å². The van der Waals surface area contributed by atoms with Crippen molar-refractivity contribution in [2.75, 3.05) is 0 Å². The van der Waals surface area contributed by atoms with Crippen LogP contribution in [-0.4, -0.2) is 15.6 Å². The standard InChI is InChI=1S/C11H7BrF3NOS2/c12-8-5-18-10(16-8)9(17)6-1-3-7(4-2-6)19-11(13,14)15/h1-5,9,17H. The molecule has 1 N–H and O–H groups in total. The van der Waals surface area contributed by atoms with Gasteiger partial charge >= 0.3 is 5.51 Å². The van der Waals surface area contributed by atoms with Gasteiger partial charge < -0.3 is 5.11 Å². The van der Waals surface area contributed by atoms with Crippen molar-refractivity contribution >= 4 is 39.0 Å². The molecule has 1 unspecified atom stereocenters. The number of thioether (sulfide) groups is 1. The molecule has 1 atom stereocenters. The van der Waals surface area contributed by atoms with Crippen molar-refractivity contribution in [3.63, 3.8) is 0 Å². The minimum absolute atomic E-state index is 0.0868. The molecule has 0 radical (unpaired) electrons. The zero-order valence-electron chi connectivity index (χ0n) is 9.19. The molecule has 102 valence electrons. The molecule has 0 aliphatic rings. The lowest BCUT2D eigenvalue weighted by Crippen LogP contribution is -2.01. The van der Waals surface area contributed by atoms with Crippen LogP contribution in [0.5, 0.6) is 0 Å². The molecule has 0 bridgehead atoms. The van der Waals surface area contributed by atoms with Crippen LogP contribution < -0.4 is 0 Å². The molecular weight excluding hydrogens is 363 g/mol. The van der Waals surface area contributed by atoms with Gasteiger partial charge in [-0.15, -0.1) is 11.3 Å². The fraction of sp³-hybridized carbons (Fsp3) is 0.182. The van der Waals surface area contributed by atoms with Gasteiger partial charge in [-0.1, -0.05) is 12.1 Å². The van der Waals surface area contributed by atoms with Gasteiger partial charge in [0.25, 0.3) is 0 Å². The van der Waals surface area contributed by atoms with Crippen molar-refractivity contribution in [3.05, 3.63) is 44.8 Å². The number of alkyl halides is 3. The zero-order chi connectivity index (χ0) is 14.0. The smallest absolute Gasteiger partial charge is 0.381 e. The minimum atomic E-state index is -4.31. The van der Waals surface area contributed by atoms with Crippen molar-refractivity contribution in [1.82, 2.24) is 4.98 Å². The molecule has 0 aliphatic heterocycles. The largest absolute Gasteiger partial charge is 0.446 e. The molecule has 0 fully saturated rings. The highest BCUT2D eigenvalue weighted by molar-refractivity contribution is 9.10. The highest BCUT2D eigenvalue weighted by Gasteiger charge is 2.29. The number of thiazole rings is 1. The number of aliphatic hydroxyl groups is 1. The SMILES string of the molecule is OC(c1ccc(SC(F)(F)F)cc1)c1nc(Br)cs1. The van der Waals surface area contributed by atoms with E-state index in [4.69, 9.17) is 0 Å². The van der Waals surface area contributed by atoms with Gasteiger partial charge in [0.1, 0.15) is 15.7 Å². The van der Waals surface area contributed by atoms with Crippen molar-refractivity contribution in [2.24, 2.45) is 0 Å². The molecule has 1 aromatic carbocycles. The van der Waals surface area contributed by atoms with E-state index in [1.165, 1.54) is 35.6 Å². The van der Waals surface area contributed by atoms with Crippen LogP contribution in [-0.2, 0) is 0 Å². The Bertz CT molecular complexity index is 556. The van der Waals surface area contributed by atoms with E-state index in [9.17, 15) is 18.3 Å². The second-order valence-corrected chi connectivity index (χ2v) is 6.37. The molecule has 8 heteroatoms. The average molecular weight is 370 g/mol. The lowest BCUT2D eigenvalue weighted by molar-refractivity contribution is -0.0328. The Labute approximate surface area is 123 Å². The molecule has 1 heterocycles. The Balaban J connectivity index is 2.14. The molecule has 19 heavy (non-hydrogen) atoms. The quantitative estimate of drug-likeness (QED) is 0.802. The normalized spacial score (nSPS) is 13.5. The summed E-state index contributed by atoms with van der Waals surface area (Å²) < 4.78 is 37.1. The monoisotopic (exact) mass is 369 g/mol. The summed E-state index contributed by atoms with van der Waals surface area (Å²) in [7, 11) is 0. The Kier molecular flexibility index (Phi) is 4.54. The number of halogens is 4. The van der Waals surface area contributed by atoms with Gasteiger partial charge in [-0.05, 0) is 45.4 Å². The Morgan fingerprint density at radius 1 is 1.26 bits per heavy atom. The average Bonchev–Trinajstić information content (AvgIpc) is 2.74. The summed E-state index contributed by atoms with van der Waals surface area (Å²) in [5, 5.41) is 12.2. The number of aliphatic hydroxyl groups excluding tert-OH is 1. The van der Waals surface area contributed by atoms with Crippen LogP contribution in [0.1, 0.15) is 16.7 Å². The first-order chi connectivity index (χ1) is 8.85. The van der Waals surface area contributed by atoms with Gasteiger partial charge in [0.2, 0.25) is 0 Å². The van der Waals surface area contributed by atoms with E-state index < -0.39 is 11.6 Å². The first-order valence-corrected chi connectivity index (χ1v) is 7.49. The third kappa shape index (κ3) is 4.20. The zero-order valence-corrected chi connectivity index (χ0v) is 12.4. The van der Waals surface area contributed by atoms with Gasteiger partial charge in [0.15, 0.2) is 0 Å². The molecule has 0 aliphatic carbocycles. The summed E-state index contributed by atoms with van der Waals surface area (Å²) in [5.41, 5.74) is -3.80. The summed E-state index contributed by atoms with van der Waals surface area (Å²) in [5.74, 6) is 0. The Hall–Kier alpha value is -0.570. The van der Waals surface area contributed by atoms with Crippen LogP contribution in [0.15, 0.2) is 39.1 Å². The number of benzene rings is 1. The van der Waals surface area contributed by atoms with E-state index in [0.29, 0.717) is 15.2 Å². The van der Waals surface area contributed by atoms with Crippen LogP contribution in [0.25, 0.3) is 0 Å². The molecule has 0 saturated carbocycles. The molecule has 0 saturated heterocycles. The topological polar surface area (TPSA) is 33.1 Å². The first kappa shape index (κ1) is 14.8. The molecule has 1 aromatic heterocycles. The van der Waals surface area contributed by atoms with Gasteiger partial charge in [-0.3, -0.25) is 0 Å². The van der Waals surface area contributed by atoms with Gasteiger partial charge in [-0.25, -0.2) is 4.98 Å². The van der Waals surface area contributed by atoms with Crippen molar-refractivity contribution in [2.45, 2.75) is 16.5 Å². The lowest BCUT2D eigenvalue weighted by Gasteiger charge is -2.09. The number of aromatic nitrogens is 1. The van der Waals surface area contributed by atoms with Crippen LogP contribution in [0.3, 0.4) is 0 Å². The fourth-order valence-electron chi connectivity index (χ4n) is 1.39. The van der Waals surface area contributed by atoms with E-state index in [-0.39, 0.29) is 16.7 Å². The Morgan fingerprint density at radius 2 is 1.89 bits per heavy atom. The second kappa shape index (κ2) is 5.82. The summed E-state index contributed by atoms with van der Waals surface area (Å²) in [4.78, 5) is 4.16. The van der Waals surface area contributed by atoms with Crippen LogP contribution in [0.2, 0.25) is 0 Å². The fourth-order valence-corrected chi connectivity index (χ4v) is 3.20. The highest BCUT2D eigenvalue weighted by Crippen LogP contribution is 2.37. The van der Waals surface area contributed by atoms with E-state index in [1.807, 2.05) is 0 Å². The number of nitrogens with zero attached hydrogens (tertiary/aromatic N) is 1. The molecular formula is C11H7BrF3NOS2. The summed E-state index contributed by atoms with van der Waals surface area (Å²) >= 11 is 4.27. The van der Waals surface area contributed by atoms with Gasteiger partial charge in [-0.2, -0.15) is 13.2 Å². The van der Waals surface area contributed by atoms with Crippen LogP contribution in [0, 0.1) is 0 Å². The second-order valence-electron chi connectivity index (χ2n) is 3.53. The third-order valence-electron chi connectivity index (χ3n) is 2.16. The third-order valence-corrected chi connectivity index (χ3v) is 4.50. The summed E-state index contributed by atoms with van der Waals surface area (Å²) in [6.45, 7) is 0. The van der Waals surface area contributed by atoms with E-state index in [2.05, 4.69) is 20.9 Å². The first-order valence-electron chi connectivity index (χ1n) is 5.00. The van der Waals surface area contributed by atoms with Gasteiger partial charge in [0, 0.05) is 10.3 Å². The minimum Gasteiger partial charge on any atom is -0.381 e. The maximum Gasteiger partial charge on any atom is 0.446 e. The molecule has 2 rings (SSSR count). The molecule has 0 amide bonds. The molecule has 2 nitrogen and oxygen atoms in total. The van der Waals surface area contributed by atoms with Crippen LogP contribution >= 0.6 is 39.0 Å². The number of rotatable bonds is 3.